The van der Waals surface area contributed by atoms with Gasteiger partial charge in [-0.3, -0.25) is 9.69 Å². The number of benzene rings is 1. The summed E-state index contributed by atoms with van der Waals surface area (Å²) in [6.45, 7) is 6.73. The molecule has 0 spiro atoms. The monoisotopic (exact) mass is 497 g/mol. The standard InChI is InChI=1S/C25H32BrN5O/c1-18-2-4-19(5-3-18)15-29-6-8-30(9-7-29)22(32)24-11-20-10-21(12-24)14-25(13-20,16-24)31-17-27-23(26)28-31/h2-5,17,20-21H,6-16H2,1H3/t20-,21-,24?,25?/m0/s1. The lowest BCUT2D eigenvalue weighted by atomic mass is 9.46. The van der Waals surface area contributed by atoms with Crippen LogP contribution in [0.5, 0.6) is 0 Å². The van der Waals surface area contributed by atoms with Crippen LogP contribution in [0, 0.1) is 24.2 Å². The van der Waals surface area contributed by atoms with E-state index in [0.717, 1.165) is 64.8 Å². The summed E-state index contributed by atoms with van der Waals surface area (Å²) in [6, 6.07) is 8.83. The number of aryl methyl sites for hydroxylation is 1. The number of halogens is 1. The lowest BCUT2D eigenvalue weighted by Gasteiger charge is -2.61. The van der Waals surface area contributed by atoms with E-state index in [1.807, 2.05) is 6.33 Å². The third kappa shape index (κ3) is 3.52. The summed E-state index contributed by atoms with van der Waals surface area (Å²) in [7, 11) is 0. The number of hydrogen-bond donors (Lipinski definition) is 0. The Labute approximate surface area is 198 Å². The fourth-order valence-electron chi connectivity index (χ4n) is 7.60. The number of hydrogen-bond acceptors (Lipinski definition) is 4. The zero-order valence-electron chi connectivity index (χ0n) is 18.8. The number of carbonyl (C=O) groups excluding carboxylic acids is 1. The summed E-state index contributed by atoms with van der Waals surface area (Å²) in [5, 5.41) is 4.65. The third-order valence-electron chi connectivity index (χ3n) is 8.62. The number of carbonyl (C=O) groups is 1. The Morgan fingerprint density at radius 3 is 2.38 bits per heavy atom. The van der Waals surface area contributed by atoms with Crippen molar-refractivity contribution < 1.29 is 4.79 Å². The van der Waals surface area contributed by atoms with Crippen molar-refractivity contribution in [1.29, 1.82) is 0 Å². The van der Waals surface area contributed by atoms with Crippen LogP contribution in [0.3, 0.4) is 0 Å². The first-order valence-electron chi connectivity index (χ1n) is 12.1. The fourth-order valence-corrected chi connectivity index (χ4v) is 7.86. The molecule has 1 aromatic heterocycles. The van der Waals surface area contributed by atoms with E-state index < -0.39 is 0 Å². The number of nitrogens with zero attached hydrogens (tertiary/aromatic N) is 5. The zero-order chi connectivity index (χ0) is 21.9. The molecule has 4 aliphatic carbocycles. The van der Waals surface area contributed by atoms with E-state index in [0.29, 0.717) is 22.5 Å². The van der Waals surface area contributed by atoms with Crippen molar-refractivity contribution in [1.82, 2.24) is 24.6 Å². The van der Waals surface area contributed by atoms with Gasteiger partial charge in [0, 0.05) is 32.7 Å². The molecule has 6 nitrogen and oxygen atoms in total. The van der Waals surface area contributed by atoms with Crippen molar-refractivity contribution in [3.05, 3.63) is 46.5 Å². The van der Waals surface area contributed by atoms with Crippen LogP contribution in [0.15, 0.2) is 35.3 Å². The highest BCUT2D eigenvalue weighted by molar-refractivity contribution is 9.10. The number of rotatable bonds is 4. The number of piperazine rings is 1. The fraction of sp³-hybridized carbons (Fsp3) is 0.640. The minimum Gasteiger partial charge on any atom is -0.340 e. The molecule has 2 aromatic rings. The minimum absolute atomic E-state index is 0.0218. The molecule has 0 N–H and O–H groups in total. The SMILES string of the molecule is Cc1ccc(CN2CCN(C(=O)C34C[C@@H]5C[C@@H](C3)CC(n3cnc(Br)n3)(C5)C4)CC2)cc1. The highest BCUT2D eigenvalue weighted by atomic mass is 79.9. The Morgan fingerprint density at radius 2 is 1.75 bits per heavy atom. The van der Waals surface area contributed by atoms with Crippen LogP contribution in [-0.2, 0) is 16.9 Å². The minimum atomic E-state index is -0.193. The molecule has 170 valence electrons. The zero-order valence-corrected chi connectivity index (χ0v) is 20.4. The van der Waals surface area contributed by atoms with Crippen molar-refractivity contribution >= 4 is 21.8 Å². The molecule has 7 rings (SSSR count). The third-order valence-corrected chi connectivity index (χ3v) is 8.98. The average molecular weight is 498 g/mol. The van der Waals surface area contributed by atoms with Gasteiger partial charge in [-0.25, -0.2) is 9.67 Å². The Balaban J connectivity index is 1.16. The average Bonchev–Trinajstić information content (AvgIpc) is 3.22. The maximum Gasteiger partial charge on any atom is 0.228 e. The van der Waals surface area contributed by atoms with E-state index in [2.05, 4.69) is 71.7 Å². The molecule has 4 bridgehead atoms. The highest BCUT2D eigenvalue weighted by Gasteiger charge is 2.62. The van der Waals surface area contributed by atoms with E-state index in [1.165, 1.54) is 17.5 Å². The van der Waals surface area contributed by atoms with Gasteiger partial charge in [0.25, 0.3) is 0 Å². The Kier molecular flexibility index (Phi) is 4.99. The van der Waals surface area contributed by atoms with Gasteiger partial charge in [-0.15, -0.1) is 5.10 Å². The Morgan fingerprint density at radius 1 is 1.06 bits per heavy atom. The molecule has 1 saturated heterocycles. The maximum absolute atomic E-state index is 14.0. The lowest BCUT2D eigenvalue weighted by molar-refractivity contribution is -0.168. The molecule has 2 atom stereocenters. The highest BCUT2D eigenvalue weighted by Crippen LogP contribution is 2.64. The maximum atomic E-state index is 14.0. The van der Waals surface area contributed by atoms with Gasteiger partial charge >= 0.3 is 0 Å². The van der Waals surface area contributed by atoms with Crippen molar-refractivity contribution in [2.75, 3.05) is 26.2 Å². The summed E-state index contributed by atoms with van der Waals surface area (Å²) in [5.74, 6) is 1.71. The molecule has 1 aliphatic heterocycles. The topological polar surface area (TPSA) is 54.3 Å². The van der Waals surface area contributed by atoms with Gasteiger partial charge in [0.05, 0.1) is 11.0 Å². The van der Waals surface area contributed by atoms with Crippen molar-refractivity contribution in [2.24, 2.45) is 17.3 Å². The van der Waals surface area contributed by atoms with Crippen molar-refractivity contribution in [3.8, 4) is 0 Å². The molecular formula is C25H32BrN5O. The Hall–Kier alpha value is -1.73. The van der Waals surface area contributed by atoms with Gasteiger partial charge in [0.15, 0.2) is 0 Å². The van der Waals surface area contributed by atoms with E-state index >= 15 is 0 Å². The molecule has 7 heteroatoms. The molecule has 0 radical (unpaired) electrons. The summed E-state index contributed by atoms with van der Waals surface area (Å²) < 4.78 is 2.74. The molecule has 5 aliphatic rings. The predicted octanol–water partition coefficient (Wildman–Crippen LogP) is 3.99. The summed E-state index contributed by atoms with van der Waals surface area (Å²) in [4.78, 5) is 23.0. The second-order valence-corrected chi connectivity index (χ2v) is 11.7. The summed E-state index contributed by atoms with van der Waals surface area (Å²) in [5.41, 5.74) is 2.45. The normalized spacial score (nSPS) is 34.2. The van der Waals surface area contributed by atoms with Crippen molar-refractivity contribution in [3.63, 3.8) is 0 Å². The molecule has 32 heavy (non-hydrogen) atoms. The number of aromatic nitrogens is 3. The molecular weight excluding hydrogens is 466 g/mol. The number of amides is 1. The molecule has 0 unspecified atom stereocenters. The molecule has 1 aromatic carbocycles. The summed E-state index contributed by atoms with van der Waals surface area (Å²) >= 11 is 3.43. The smallest absolute Gasteiger partial charge is 0.228 e. The van der Waals surface area contributed by atoms with E-state index in [-0.39, 0.29) is 11.0 Å². The van der Waals surface area contributed by atoms with Gasteiger partial charge in [-0.1, -0.05) is 29.8 Å². The van der Waals surface area contributed by atoms with Crippen LogP contribution in [-0.4, -0.2) is 56.7 Å². The Bertz CT molecular complexity index is 996. The first-order valence-corrected chi connectivity index (χ1v) is 12.9. The second-order valence-electron chi connectivity index (χ2n) is 11.0. The summed E-state index contributed by atoms with van der Waals surface area (Å²) in [6.07, 6.45) is 8.55. The lowest BCUT2D eigenvalue weighted by Crippen LogP contribution is -2.62. The first-order chi connectivity index (χ1) is 15.4. The predicted molar refractivity (Wildman–Crippen MR) is 126 cm³/mol. The van der Waals surface area contributed by atoms with Crippen LogP contribution in [0.4, 0.5) is 0 Å². The largest absolute Gasteiger partial charge is 0.340 e. The van der Waals surface area contributed by atoms with Crippen LogP contribution < -0.4 is 0 Å². The van der Waals surface area contributed by atoms with Gasteiger partial charge in [0.1, 0.15) is 6.33 Å². The van der Waals surface area contributed by atoms with Crippen LogP contribution >= 0.6 is 15.9 Å². The van der Waals surface area contributed by atoms with Crippen LogP contribution in [0.2, 0.25) is 0 Å². The van der Waals surface area contributed by atoms with Gasteiger partial charge in [0.2, 0.25) is 10.6 Å². The molecule has 5 fully saturated rings. The van der Waals surface area contributed by atoms with Gasteiger partial charge in [-0.05, 0) is 78.8 Å². The second kappa shape index (κ2) is 7.66. The van der Waals surface area contributed by atoms with Crippen LogP contribution in [0.25, 0.3) is 0 Å². The van der Waals surface area contributed by atoms with Crippen molar-refractivity contribution in [2.45, 2.75) is 57.5 Å². The van der Waals surface area contributed by atoms with Gasteiger partial charge in [-0.2, -0.15) is 0 Å². The molecule has 2 heterocycles. The molecule has 4 saturated carbocycles. The van der Waals surface area contributed by atoms with Crippen LogP contribution in [0.1, 0.15) is 49.7 Å². The van der Waals surface area contributed by atoms with E-state index in [4.69, 9.17) is 0 Å². The quantitative estimate of drug-likeness (QED) is 0.640. The first kappa shape index (κ1) is 20.8. The van der Waals surface area contributed by atoms with Gasteiger partial charge < -0.3 is 4.90 Å². The molecule has 1 amide bonds. The van der Waals surface area contributed by atoms with E-state index in [9.17, 15) is 4.79 Å². The van der Waals surface area contributed by atoms with E-state index in [1.54, 1.807) is 0 Å².